The minimum atomic E-state index is -1.77. The summed E-state index contributed by atoms with van der Waals surface area (Å²) in [7, 11) is 0. The molecule has 1 heterocycles. The highest BCUT2D eigenvalue weighted by molar-refractivity contribution is 5.97. The summed E-state index contributed by atoms with van der Waals surface area (Å²) >= 11 is 0. The number of aliphatic hydroxyl groups is 1. The van der Waals surface area contributed by atoms with Gasteiger partial charge in [-0.25, -0.2) is 4.79 Å². The first-order chi connectivity index (χ1) is 23.5. The predicted molar refractivity (Wildman–Crippen MR) is 175 cm³/mol. The molecule has 14 N–H and O–H groups in total. The lowest BCUT2D eigenvalue weighted by Gasteiger charge is -2.30. The summed E-state index contributed by atoms with van der Waals surface area (Å²) < 4.78 is 0. The molecule has 1 saturated heterocycles. The summed E-state index contributed by atoms with van der Waals surface area (Å²) in [6, 6.07) is -8.23. The topological polar surface area (TPSA) is 347 Å². The van der Waals surface area contributed by atoms with Crippen LogP contribution in [0.15, 0.2) is 0 Å². The SMILES string of the molecule is C[C@@H](O)[C@H](N)C(=O)N[C@@H](CCC(=O)O)C(=O)N1CCC[C@H]1C(=O)N[C@@H](CCCCN)C(=O)N[C@@H](CCCCN)C(=O)N[C@@H](CC(=O)O)C(=O)O. The van der Waals surface area contributed by atoms with Crippen LogP contribution < -0.4 is 38.5 Å². The Balaban J connectivity index is 3.23. The molecular formula is C30H52N8O12. The molecule has 50 heavy (non-hydrogen) atoms. The van der Waals surface area contributed by atoms with Gasteiger partial charge in [0.2, 0.25) is 29.5 Å². The summed E-state index contributed by atoms with van der Waals surface area (Å²) in [5.74, 6) is -8.45. The van der Waals surface area contributed by atoms with Crippen LogP contribution in [0.25, 0.3) is 0 Å². The molecule has 1 aliphatic heterocycles. The van der Waals surface area contributed by atoms with Crippen molar-refractivity contribution in [2.45, 2.75) is 120 Å². The Hall–Kier alpha value is -4.40. The van der Waals surface area contributed by atoms with Crippen molar-refractivity contribution < 1.29 is 58.8 Å². The molecule has 1 aliphatic rings. The van der Waals surface area contributed by atoms with Crippen molar-refractivity contribution in [2.24, 2.45) is 17.2 Å². The highest BCUT2D eigenvalue weighted by atomic mass is 16.4. The van der Waals surface area contributed by atoms with Crippen molar-refractivity contribution in [1.82, 2.24) is 26.2 Å². The van der Waals surface area contributed by atoms with Crippen LogP contribution in [-0.4, -0.2) is 135 Å². The fourth-order valence-corrected chi connectivity index (χ4v) is 5.23. The number of carbonyl (C=O) groups excluding carboxylic acids is 5. The number of aliphatic carboxylic acids is 3. The van der Waals surface area contributed by atoms with E-state index in [4.69, 9.17) is 22.3 Å². The number of likely N-dealkylation sites (tertiary alicyclic amines) is 1. The highest BCUT2D eigenvalue weighted by Crippen LogP contribution is 2.21. The molecule has 0 aliphatic carbocycles. The smallest absolute Gasteiger partial charge is 0.326 e. The molecular weight excluding hydrogens is 664 g/mol. The first kappa shape index (κ1) is 43.6. The van der Waals surface area contributed by atoms with Gasteiger partial charge in [0.1, 0.15) is 36.3 Å². The average Bonchev–Trinajstić information content (AvgIpc) is 3.54. The van der Waals surface area contributed by atoms with Gasteiger partial charge in [0.15, 0.2) is 0 Å². The minimum absolute atomic E-state index is 0.0186. The van der Waals surface area contributed by atoms with Crippen LogP contribution in [0.4, 0.5) is 0 Å². The summed E-state index contributed by atoms with van der Waals surface area (Å²) in [6.07, 6.45) is -0.737. The van der Waals surface area contributed by atoms with E-state index in [0.717, 1.165) is 0 Å². The molecule has 0 spiro atoms. The molecule has 284 valence electrons. The largest absolute Gasteiger partial charge is 0.481 e. The quantitative estimate of drug-likeness (QED) is 0.0428. The fourth-order valence-electron chi connectivity index (χ4n) is 5.23. The first-order valence-electron chi connectivity index (χ1n) is 16.6. The Morgan fingerprint density at radius 3 is 1.72 bits per heavy atom. The number of carbonyl (C=O) groups is 8. The van der Waals surface area contributed by atoms with Gasteiger partial charge in [-0.15, -0.1) is 0 Å². The number of nitrogens with one attached hydrogen (secondary N) is 4. The van der Waals surface area contributed by atoms with E-state index in [1.165, 1.54) is 11.8 Å². The van der Waals surface area contributed by atoms with Gasteiger partial charge < -0.3 is 63.8 Å². The van der Waals surface area contributed by atoms with Crippen molar-refractivity contribution in [3.63, 3.8) is 0 Å². The molecule has 0 saturated carbocycles. The van der Waals surface area contributed by atoms with Gasteiger partial charge in [0.05, 0.1) is 12.5 Å². The number of carboxylic acid groups (broad SMARTS) is 3. The molecule has 1 rings (SSSR count). The molecule has 0 bridgehead atoms. The molecule has 0 unspecified atom stereocenters. The van der Waals surface area contributed by atoms with Crippen molar-refractivity contribution >= 4 is 47.4 Å². The molecule has 1 fully saturated rings. The van der Waals surface area contributed by atoms with Crippen LogP contribution >= 0.6 is 0 Å². The monoisotopic (exact) mass is 716 g/mol. The Kier molecular flexibility index (Phi) is 19.5. The van der Waals surface area contributed by atoms with Crippen molar-refractivity contribution in [3.8, 4) is 0 Å². The van der Waals surface area contributed by atoms with E-state index in [9.17, 15) is 53.7 Å². The fraction of sp³-hybridized carbons (Fsp3) is 0.733. The van der Waals surface area contributed by atoms with E-state index in [-0.39, 0.29) is 45.3 Å². The number of aliphatic hydroxyl groups excluding tert-OH is 1. The third-order valence-corrected chi connectivity index (χ3v) is 8.08. The lowest BCUT2D eigenvalue weighted by atomic mass is 10.0. The standard InChI is InChI=1S/C30H52N8O12/c1-16(39)24(33)28(47)36-19(10-11-22(40)41)29(48)38-14-6-9-21(38)27(46)35-18(8-3-5-13-32)25(44)34-17(7-2-4-12-31)26(45)37-20(30(49)50)15-23(42)43/h16-21,24,39H,2-15,31-33H2,1H3,(H,34,44)(H,35,46)(H,36,47)(H,37,45)(H,40,41)(H,42,43)(H,49,50)/t16-,17+,18+,19+,20+,21+,24+/m1/s1. The van der Waals surface area contributed by atoms with Gasteiger partial charge in [-0.1, -0.05) is 0 Å². The molecule has 7 atom stereocenters. The molecule has 5 amide bonds. The normalized spacial score (nSPS) is 17.7. The number of amides is 5. The predicted octanol–water partition coefficient (Wildman–Crippen LogP) is -3.69. The van der Waals surface area contributed by atoms with E-state index in [0.29, 0.717) is 32.1 Å². The van der Waals surface area contributed by atoms with Gasteiger partial charge in [-0.2, -0.15) is 0 Å². The molecule has 0 aromatic rings. The van der Waals surface area contributed by atoms with E-state index in [2.05, 4.69) is 21.3 Å². The number of hydrogen-bond acceptors (Lipinski definition) is 12. The van der Waals surface area contributed by atoms with E-state index in [1.807, 2.05) is 0 Å². The number of nitrogens with two attached hydrogens (primary N) is 3. The molecule has 20 heteroatoms. The van der Waals surface area contributed by atoms with Crippen molar-refractivity contribution in [3.05, 3.63) is 0 Å². The zero-order valence-electron chi connectivity index (χ0n) is 28.2. The summed E-state index contributed by atoms with van der Waals surface area (Å²) in [4.78, 5) is 101. The maximum absolute atomic E-state index is 13.6. The molecule has 20 nitrogen and oxygen atoms in total. The number of carboxylic acids is 3. The van der Waals surface area contributed by atoms with Crippen LogP contribution in [0.1, 0.15) is 77.6 Å². The number of unbranched alkanes of at least 4 members (excludes halogenated alkanes) is 2. The summed E-state index contributed by atoms with van der Waals surface area (Å²) in [6.45, 7) is 1.88. The third-order valence-electron chi connectivity index (χ3n) is 8.08. The van der Waals surface area contributed by atoms with Gasteiger partial charge in [-0.3, -0.25) is 33.6 Å². The second-order valence-electron chi connectivity index (χ2n) is 12.1. The number of hydrogen-bond donors (Lipinski definition) is 11. The summed E-state index contributed by atoms with van der Waals surface area (Å²) in [5.41, 5.74) is 16.8. The van der Waals surface area contributed by atoms with Crippen LogP contribution in [-0.2, 0) is 38.4 Å². The van der Waals surface area contributed by atoms with Crippen LogP contribution in [0.5, 0.6) is 0 Å². The zero-order chi connectivity index (χ0) is 38.0. The second kappa shape index (κ2) is 22.3. The highest BCUT2D eigenvalue weighted by Gasteiger charge is 2.40. The van der Waals surface area contributed by atoms with Gasteiger partial charge in [0, 0.05) is 13.0 Å². The summed E-state index contributed by atoms with van der Waals surface area (Å²) in [5, 5.41) is 46.9. The van der Waals surface area contributed by atoms with Gasteiger partial charge in [0.25, 0.3) is 0 Å². The molecule has 0 aromatic heterocycles. The maximum Gasteiger partial charge on any atom is 0.326 e. The third kappa shape index (κ3) is 15.0. The first-order valence-corrected chi connectivity index (χ1v) is 16.6. The Labute approximate surface area is 289 Å². The van der Waals surface area contributed by atoms with Crippen LogP contribution in [0.3, 0.4) is 0 Å². The Morgan fingerprint density at radius 2 is 1.24 bits per heavy atom. The lowest BCUT2D eigenvalue weighted by molar-refractivity contribution is -0.147. The second-order valence-corrected chi connectivity index (χ2v) is 12.1. The molecule has 0 aromatic carbocycles. The van der Waals surface area contributed by atoms with Crippen LogP contribution in [0, 0.1) is 0 Å². The van der Waals surface area contributed by atoms with E-state index < -0.39 is 103 Å². The van der Waals surface area contributed by atoms with Gasteiger partial charge >= 0.3 is 17.9 Å². The Morgan fingerprint density at radius 1 is 0.720 bits per heavy atom. The van der Waals surface area contributed by atoms with E-state index in [1.54, 1.807) is 0 Å². The Bertz CT molecular complexity index is 1200. The van der Waals surface area contributed by atoms with E-state index >= 15 is 0 Å². The minimum Gasteiger partial charge on any atom is -0.481 e. The van der Waals surface area contributed by atoms with Crippen molar-refractivity contribution in [2.75, 3.05) is 19.6 Å². The number of nitrogens with zero attached hydrogens (tertiary/aromatic N) is 1. The lowest BCUT2D eigenvalue weighted by Crippen LogP contribution is -2.59. The van der Waals surface area contributed by atoms with Gasteiger partial charge in [-0.05, 0) is 77.8 Å². The number of rotatable bonds is 24. The van der Waals surface area contributed by atoms with Crippen molar-refractivity contribution in [1.29, 1.82) is 0 Å². The average molecular weight is 717 g/mol. The zero-order valence-corrected chi connectivity index (χ0v) is 28.2. The maximum atomic E-state index is 13.6. The van der Waals surface area contributed by atoms with Crippen LogP contribution in [0.2, 0.25) is 0 Å². The molecule has 0 radical (unpaired) electrons.